The van der Waals surface area contributed by atoms with Gasteiger partial charge in [-0.2, -0.15) is 0 Å². The van der Waals surface area contributed by atoms with Gasteiger partial charge in [0.25, 0.3) is 0 Å². The van der Waals surface area contributed by atoms with Crippen LogP contribution in [-0.2, 0) is 4.79 Å². The predicted molar refractivity (Wildman–Crippen MR) is 86.5 cm³/mol. The average molecular weight is 279 g/mol. The van der Waals surface area contributed by atoms with E-state index in [9.17, 15) is 4.79 Å². The molecule has 0 spiro atoms. The minimum Gasteiger partial charge on any atom is -0.380 e. The molecule has 1 aliphatic heterocycles. The molecule has 0 bridgehead atoms. The van der Waals surface area contributed by atoms with Crippen LogP contribution in [0.4, 0.5) is 0 Å². The summed E-state index contributed by atoms with van der Waals surface area (Å²) >= 11 is 0. The van der Waals surface area contributed by atoms with E-state index in [-0.39, 0.29) is 16.7 Å². The summed E-state index contributed by atoms with van der Waals surface area (Å²) in [6.07, 6.45) is 6.17. The molecule has 0 saturated carbocycles. The molecule has 0 saturated heterocycles. The summed E-state index contributed by atoms with van der Waals surface area (Å²) in [4.78, 5) is 14.9. The van der Waals surface area contributed by atoms with Gasteiger partial charge in [0.2, 0.25) is 0 Å². The highest BCUT2D eigenvalue weighted by atomic mass is 16.1. The molecule has 0 amide bonds. The third-order valence-corrected chi connectivity index (χ3v) is 3.99. The fourth-order valence-electron chi connectivity index (χ4n) is 4.14. The first-order chi connectivity index (χ1) is 8.82. The molecule has 1 atom stereocenters. The monoisotopic (exact) mass is 279 g/mol. The molecule has 0 aliphatic carbocycles. The number of hydrogen-bond donors (Lipinski definition) is 0. The smallest absolute Gasteiger partial charge is 0.147 e. The second-order valence-corrected chi connectivity index (χ2v) is 9.21. The Bertz CT molecular complexity index is 385. The molecule has 0 aromatic carbocycles. The molecule has 1 aliphatic rings. The van der Waals surface area contributed by atoms with Crippen molar-refractivity contribution in [3.05, 3.63) is 12.3 Å². The molecule has 2 nitrogen and oxygen atoms in total. The summed E-state index contributed by atoms with van der Waals surface area (Å²) < 4.78 is 0. The van der Waals surface area contributed by atoms with Gasteiger partial charge in [-0.15, -0.1) is 0 Å². The minimum atomic E-state index is -0.255. The Morgan fingerprint density at radius 3 is 2.05 bits per heavy atom. The van der Waals surface area contributed by atoms with Gasteiger partial charge in [-0.3, -0.25) is 4.79 Å². The maximum Gasteiger partial charge on any atom is 0.147 e. The van der Waals surface area contributed by atoms with E-state index in [0.717, 1.165) is 19.4 Å². The fourth-order valence-corrected chi connectivity index (χ4v) is 4.14. The van der Waals surface area contributed by atoms with Gasteiger partial charge in [0, 0.05) is 19.0 Å². The number of hydrogen-bond acceptors (Lipinski definition) is 2. The van der Waals surface area contributed by atoms with E-state index in [1.165, 1.54) is 0 Å². The van der Waals surface area contributed by atoms with E-state index >= 15 is 0 Å². The van der Waals surface area contributed by atoms with Gasteiger partial charge < -0.3 is 4.90 Å². The molecule has 20 heavy (non-hydrogen) atoms. The molecule has 0 fully saturated rings. The minimum absolute atomic E-state index is 0.0698. The van der Waals surface area contributed by atoms with E-state index < -0.39 is 0 Å². The first kappa shape index (κ1) is 17.3. The highest BCUT2D eigenvalue weighted by molar-refractivity contribution is 5.88. The van der Waals surface area contributed by atoms with Crippen LogP contribution in [0, 0.1) is 22.2 Å². The van der Waals surface area contributed by atoms with Crippen LogP contribution < -0.4 is 0 Å². The summed E-state index contributed by atoms with van der Waals surface area (Å²) in [5, 5.41) is 0. The van der Waals surface area contributed by atoms with Crippen LogP contribution in [-0.4, -0.2) is 24.3 Å². The lowest BCUT2D eigenvalue weighted by atomic mass is 9.65. The van der Waals surface area contributed by atoms with Crippen LogP contribution in [0.2, 0.25) is 0 Å². The number of carbonyl (C=O) groups excluding carboxylic acids is 1. The number of rotatable bonds is 5. The van der Waals surface area contributed by atoms with Gasteiger partial charge in [0.15, 0.2) is 0 Å². The Hall–Kier alpha value is -0.790. The zero-order valence-electron chi connectivity index (χ0n) is 14.7. The van der Waals surface area contributed by atoms with E-state index in [0.29, 0.717) is 11.2 Å². The third-order valence-electron chi connectivity index (χ3n) is 3.99. The van der Waals surface area contributed by atoms with Gasteiger partial charge in [0.05, 0.1) is 5.92 Å². The molecular formula is C18H33NO. The summed E-state index contributed by atoms with van der Waals surface area (Å²) in [5.41, 5.74) is 0.233. The third kappa shape index (κ3) is 4.96. The molecule has 1 rings (SSSR count). The lowest BCUT2D eigenvalue weighted by Gasteiger charge is -2.39. The highest BCUT2D eigenvalue weighted by Crippen LogP contribution is 2.43. The fraction of sp³-hybridized carbons (Fsp3) is 0.833. The van der Waals surface area contributed by atoms with Crippen LogP contribution in [0.1, 0.15) is 61.3 Å². The van der Waals surface area contributed by atoms with Crippen molar-refractivity contribution in [2.24, 2.45) is 22.2 Å². The first-order valence-electron chi connectivity index (χ1n) is 7.75. The maximum absolute atomic E-state index is 12.8. The van der Waals surface area contributed by atoms with Crippen molar-refractivity contribution < 1.29 is 4.79 Å². The predicted octanol–water partition coefficient (Wildman–Crippen LogP) is 4.51. The van der Waals surface area contributed by atoms with E-state index in [1.807, 2.05) is 13.2 Å². The second kappa shape index (κ2) is 5.54. The van der Waals surface area contributed by atoms with E-state index in [2.05, 4.69) is 59.4 Å². The van der Waals surface area contributed by atoms with Crippen LogP contribution >= 0.6 is 0 Å². The molecule has 116 valence electrons. The van der Waals surface area contributed by atoms with Gasteiger partial charge in [0.1, 0.15) is 5.78 Å². The van der Waals surface area contributed by atoms with Crippen molar-refractivity contribution >= 4 is 5.78 Å². The van der Waals surface area contributed by atoms with Crippen LogP contribution in [0.25, 0.3) is 0 Å². The average Bonchev–Trinajstić information content (AvgIpc) is 2.57. The Morgan fingerprint density at radius 2 is 1.65 bits per heavy atom. The summed E-state index contributed by atoms with van der Waals surface area (Å²) in [5.74, 6) is 0.459. The van der Waals surface area contributed by atoms with Gasteiger partial charge in [-0.1, -0.05) is 54.5 Å². The Kier molecular flexibility index (Phi) is 4.78. The lowest BCUT2D eigenvalue weighted by molar-refractivity contribution is -0.131. The van der Waals surface area contributed by atoms with Crippen molar-refractivity contribution in [3.8, 4) is 0 Å². The number of ketones is 1. The van der Waals surface area contributed by atoms with Crippen molar-refractivity contribution in [1.29, 1.82) is 0 Å². The molecule has 2 heteroatoms. The molecule has 0 radical (unpaired) electrons. The Morgan fingerprint density at radius 1 is 1.10 bits per heavy atom. The second-order valence-electron chi connectivity index (χ2n) is 9.21. The lowest BCUT2D eigenvalue weighted by Crippen LogP contribution is -2.37. The van der Waals surface area contributed by atoms with Crippen molar-refractivity contribution in [2.45, 2.75) is 61.3 Å². The van der Waals surface area contributed by atoms with E-state index in [1.54, 1.807) is 0 Å². The van der Waals surface area contributed by atoms with Gasteiger partial charge >= 0.3 is 0 Å². The van der Waals surface area contributed by atoms with Gasteiger partial charge in [-0.05, 0) is 29.9 Å². The maximum atomic E-state index is 12.8. The van der Waals surface area contributed by atoms with E-state index in [4.69, 9.17) is 0 Å². The van der Waals surface area contributed by atoms with Crippen molar-refractivity contribution in [1.82, 2.24) is 4.90 Å². The summed E-state index contributed by atoms with van der Waals surface area (Å²) in [6.45, 7) is 16.5. The molecule has 0 aromatic heterocycles. The molecule has 0 aromatic rings. The van der Waals surface area contributed by atoms with Crippen LogP contribution in [0.15, 0.2) is 12.3 Å². The molecular weight excluding hydrogens is 246 g/mol. The topological polar surface area (TPSA) is 20.3 Å². The SMILES string of the molecule is CN1C=CC(C(=O)C(C)(C)CC(C)(C)CC(C)(C)C)C1. The zero-order valence-corrected chi connectivity index (χ0v) is 14.7. The van der Waals surface area contributed by atoms with Gasteiger partial charge in [-0.25, -0.2) is 0 Å². The first-order valence-corrected chi connectivity index (χ1v) is 7.75. The molecule has 1 heterocycles. The van der Waals surface area contributed by atoms with Crippen LogP contribution in [0.3, 0.4) is 0 Å². The van der Waals surface area contributed by atoms with Crippen molar-refractivity contribution in [2.75, 3.05) is 13.6 Å². The number of carbonyl (C=O) groups is 1. The van der Waals surface area contributed by atoms with Crippen molar-refractivity contribution in [3.63, 3.8) is 0 Å². The normalized spacial score (nSPS) is 20.6. The summed E-state index contributed by atoms with van der Waals surface area (Å²) in [7, 11) is 2.03. The number of nitrogens with zero attached hydrogens (tertiary/aromatic N) is 1. The highest BCUT2D eigenvalue weighted by Gasteiger charge is 2.39. The number of Topliss-reactive ketones (excluding diaryl/α,β-unsaturated/α-hetero) is 1. The summed E-state index contributed by atoms with van der Waals surface area (Å²) in [6, 6.07) is 0. The Labute approximate surface area is 125 Å². The Balaban J connectivity index is 2.73. The standard InChI is InChI=1S/C18H33NO/c1-16(2,3)12-17(4,5)13-18(6,7)15(20)14-9-10-19(8)11-14/h9-10,14H,11-13H2,1-8H3. The quantitative estimate of drug-likeness (QED) is 0.738. The van der Waals surface area contributed by atoms with Crippen LogP contribution in [0.5, 0.6) is 0 Å². The zero-order chi connectivity index (χ0) is 15.8. The largest absolute Gasteiger partial charge is 0.380 e. The molecule has 1 unspecified atom stereocenters. The molecule has 0 N–H and O–H groups in total.